The number of hydrogen-bond acceptors (Lipinski definition) is 6. The quantitative estimate of drug-likeness (QED) is 0.466. The van der Waals surface area contributed by atoms with Gasteiger partial charge in [0.1, 0.15) is 6.07 Å². The number of piperidine rings is 1. The molecular weight excluding hydrogens is 498 g/mol. The van der Waals surface area contributed by atoms with Crippen molar-refractivity contribution in [1.82, 2.24) is 4.90 Å². The molecule has 2 heterocycles. The van der Waals surface area contributed by atoms with E-state index in [2.05, 4.69) is 53.2 Å². The fraction of sp³-hybridized carbons (Fsp3) is 0.394. The molecule has 2 aliphatic rings. The van der Waals surface area contributed by atoms with Gasteiger partial charge in [-0.2, -0.15) is 5.26 Å². The van der Waals surface area contributed by atoms with Crippen molar-refractivity contribution < 1.29 is 9.90 Å². The summed E-state index contributed by atoms with van der Waals surface area (Å²) in [4.78, 5) is 20.3. The van der Waals surface area contributed by atoms with Gasteiger partial charge in [0.05, 0.1) is 23.9 Å². The maximum Gasteiger partial charge on any atom is 0.254 e. The van der Waals surface area contributed by atoms with Crippen LogP contribution < -0.4 is 15.1 Å². The highest BCUT2D eigenvalue weighted by Crippen LogP contribution is 2.32. The normalized spacial score (nSPS) is 18.0. The Morgan fingerprint density at radius 3 is 2.38 bits per heavy atom. The summed E-state index contributed by atoms with van der Waals surface area (Å²) in [7, 11) is 0. The molecule has 3 aromatic rings. The lowest BCUT2D eigenvalue weighted by atomic mass is 9.94. The molecule has 5 rings (SSSR count). The van der Waals surface area contributed by atoms with Crippen molar-refractivity contribution in [2.24, 2.45) is 0 Å². The lowest BCUT2D eigenvalue weighted by Crippen LogP contribution is -2.56. The van der Waals surface area contributed by atoms with Crippen LogP contribution in [-0.4, -0.2) is 67.3 Å². The molecule has 2 aliphatic heterocycles. The molecule has 0 radical (unpaired) electrons. The van der Waals surface area contributed by atoms with E-state index in [1.165, 1.54) is 0 Å². The van der Waals surface area contributed by atoms with Crippen LogP contribution in [0.5, 0.6) is 0 Å². The number of carbonyl (C=O) groups excluding carboxylic acids is 1. The van der Waals surface area contributed by atoms with E-state index in [1.54, 1.807) is 0 Å². The second-order valence-corrected chi connectivity index (χ2v) is 11.0. The summed E-state index contributed by atoms with van der Waals surface area (Å²) in [6, 6.07) is 22.5. The second kappa shape index (κ2) is 12.0. The van der Waals surface area contributed by atoms with Crippen LogP contribution in [0.2, 0.25) is 0 Å². The van der Waals surface area contributed by atoms with Gasteiger partial charge in [-0.15, -0.1) is 0 Å². The molecule has 1 unspecified atom stereocenters. The number of piperazine rings is 1. The highest BCUT2D eigenvalue weighted by molar-refractivity contribution is 5.99. The van der Waals surface area contributed by atoms with Gasteiger partial charge < -0.3 is 25.1 Å². The molecule has 0 saturated carbocycles. The summed E-state index contributed by atoms with van der Waals surface area (Å²) in [5.74, 6) is 0.0344. The van der Waals surface area contributed by atoms with Gasteiger partial charge in [0.25, 0.3) is 5.91 Å². The summed E-state index contributed by atoms with van der Waals surface area (Å²) < 4.78 is 0. The molecule has 3 aromatic carbocycles. The van der Waals surface area contributed by atoms with Crippen LogP contribution in [0.1, 0.15) is 45.5 Å². The Morgan fingerprint density at radius 2 is 1.68 bits per heavy atom. The number of nitrogens with one attached hydrogen (secondary N) is 1. The zero-order valence-electron chi connectivity index (χ0n) is 23.7. The predicted molar refractivity (Wildman–Crippen MR) is 161 cm³/mol. The first-order valence-corrected chi connectivity index (χ1v) is 14.2. The number of benzene rings is 3. The predicted octanol–water partition coefficient (Wildman–Crippen LogP) is 4.89. The van der Waals surface area contributed by atoms with Crippen molar-refractivity contribution in [1.29, 1.82) is 5.26 Å². The standard InChI is InChI=1S/C33H39N5O2/c1-23-19-24(2)32(35-27-13-15-36(16-14-27)30-12-8-7-9-26(30)20-34)25(3)31(23)33(40)37-17-18-38(29(21-37)22-39)28-10-5-4-6-11-28/h4-12,19,27,29,35,39H,13-18,21-22H2,1-3H3. The Hall–Kier alpha value is -4.02. The molecule has 0 spiro atoms. The van der Waals surface area contributed by atoms with Crippen molar-refractivity contribution in [3.63, 3.8) is 0 Å². The molecular formula is C33H39N5O2. The number of carbonyl (C=O) groups is 1. The average molecular weight is 538 g/mol. The first-order chi connectivity index (χ1) is 19.4. The van der Waals surface area contributed by atoms with Gasteiger partial charge in [-0.1, -0.05) is 36.4 Å². The lowest BCUT2D eigenvalue weighted by Gasteiger charge is -2.42. The van der Waals surface area contributed by atoms with Crippen LogP contribution >= 0.6 is 0 Å². The van der Waals surface area contributed by atoms with Gasteiger partial charge in [-0.05, 0) is 74.6 Å². The van der Waals surface area contributed by atoms with Crippen LogP contribution in [0, 0.1) is 32.1 Å². The number of amides is 1. The van der Waals surface area contributed by atoms with Crippen molar-refractivity contribution in [2.45, 2.75) is 45.7 Å². The minimum Gasteiger partial charge on any atom is -0.394 e. The molecule has 2 N–H and O–H groups in total. The molecule has 7 heteroatoms. The van der Waals surface area contributed by atoms with Gasteiger partial charge in [0.2, 0.25) is 0 Å². The first kappa shape index (κ1) is 27.5. The Bertz CT molecular complexity index is 1390. The molecule has 0 aliphatic carbocycles. The number of nitriles is 1. The fourth-order valence-electron chi connectivity index (χ4n) is 6.36. The zero-order valence-corrected chi connectivity index (χ0v) is 23.7. The Balaban J connectivity index is 1.30. The van der Waals surface area contributed by atoms with Crippen LogP contribution in [0.15, 0.2) is 60.7 Å². The van der Waals surface area contributed by atoms with E-state index in [0.29, 0.717) is 25.7 Å². The highest BCUT2D eigenvalue weighted by atomic mass is 16.3. The largest absolute Gasteiger partial charge is 0.394 e. The van der Waals surface area contributed by atoms with Gasteiger partial charge in [0.15, 0.2) is 0 Å². The molecule has 7 nitrogen and oxygen atoms in total. The molecule has 0 bridgehead atoms. The number of nitrogens with zero attached hydrogens (tertiary/aromatic N) is 4. The Kier molecular flexibility index (Phi) is 8.27. The molecule has 1 atom stereocenters. The topological polar surface area (TPSA) is 82.8 Å². The van der Waals surface area contributed by atoms with Crippen molar-refractivity contribution in [2.75, 3.05) is 54.4 Å². The first-order valence-electron chi connectivity index (χ1n) is 14.2. The number of aliphatic hydroxyl groups is 1. The van der Waals surface area contributed by atoms with Gasteiger partial charge in [-0.25, -0.2) is 0 Å². The Morgan fingerprint density at radius 1 is 0.975 bits per heavy atom. The van der Waals surface area contributed by atoms with Crippen LogP contribution in [-0.2, 0) is 0 Å². The summed E-state index contributed by atoms with van der Waals surface area (Å²) in [5, 5.41) is 23.5. The van der Waals surface area contributed by atoms with Gasteiger partial charge >= 0.3 is 0 Å². The molecule has 208 valence electrons. The van der Waals surface area contributed by atoms with E-state index in [4.69, 9.17) is 0 Å². The maximum absolute atomic E-state index is 13.9. The van der Waals surface area contributed by atoms with E-state index >= 15 is 0 Å². The molecule has 2 fully saturated rings. The monoisotopic (exact) mass is 537 g/mol. The maximum atomic E-state index is 13.9. The van der Waals surface area contributed by atoms with Gasteiger partial charge in [-0.3, -0.25) is 4.79 Å². The summed E-state index contributed by atoms with van der Waals surface area (Å²) >= 11 is 0. The fourth-order valence-corrected chi connectivity index (χ4v) is 6.36. The second-order valence-electron chi connectivity index (χ2n) is 11.0. The number of rotatable bonds is 6. The molecule has 2 saturated heterocycles. The SMILES string of the molecule is Cc1cc(C)c(C(=O)N2CCN(c3ccccc3)C(CO)C2)c(C)c1NC1CCN(c2ccccc2C#N)CC1. The minimum absolute atomic E-state index is 0.00508. The summed E-state index contributed by atoms with van der Waals surface area (Å²) in [6.07, 6.45) is 1.91. The smallest absolute Gasteiger partial charge is 0.254 e. The summed E-state index contributed by atoms with van der Waals surface area (Å²) in [5.41, 5.74) is 7.73. The zero-order chi connectivity index (χ0) is 28.2. The number of aliphatic hydroxyl groups excluding tert-OH is 1. The highest BCUT2D eigenvalue weighted by Gasteiger charge is 2.32. The van der Waals surface area contributed by atoms with Crippen LogP contribution in [0.3, 0.4) is 0 Å². The number of para-hydroxylation sites is 2. The third-order valence-electron chi connectivity index (χ3n) is 8.46. The number of aryl methyl sites for hydroxylation is 2. The van der Waals surface area contributed by atoms with Crippen LogP contribution in [0.25, 0.3) is 0 Å². The number of anilines is 3. The number of hydrogen-bond donors (Lipinski definition) is 2. The van der Waals surface area contributed by atoms with E-state index in [1.807, 2.05) is 54.3 Å². The molecule has 0 aromatic heterocycles. The van der Waals surface area contributed by atoms with Crippen LogP contribution in [0.4, 0.5) is 17.1 Å². The third-order valence-corrected chi connectivity index (χ3v) is 8.46. The lowest BCUT2D eigenvalue weighted by molar-refractivity contribution is 0.0698. The van der Waals surface area contributed by atoms with Crippen molar-refractivity contribution in [3.05, 3.63) is 88.5 Å². The average Bonchev–Trinajstić information content (AvgIpc) is 2.99. The van der Waals surface area contributed by atoms with Crippen molar-refractivity contribution >= 4 is 23.0 Å². The molecule has 1 amide bonds. The van der Waals surface area contributed by atoms with Crippen molar-refractivity contribution in [3.8, 4) is 6.07 Å². The van der Waals surface area contributed by atoms with E-state index in [-0.39, 0.29) is 18.6 Å². The summed E-state index contributed by atoms with van der Waals surface area (Å²) in [6.45, 7) is 9.71. The minimum atomic E-state index is -0.139. The van der Waals surface area contributed by atoms with E-state index in [0.717, 1.165) is 70.8 Å². The van der Waals surface area contributed by atoms with E-state index in [9.17, 15) is 15.2 Å². The Labute approximate surface area is 237 Å². The molecule has 40 heavy (non-hydrogen) atoms. The van der Waals surface area contributed by atoms with E-state index < -0.39 is 0 Å². The van der Waals surface area contributed by atoms with Gasteiger partial charge in [0, 0.05) is 55.7 Å². The third kappa shape index (κ3) is 5.50.